The van der Waals surface area contributed by atoms with Gasteiger partial charge in [0, 0.05) is 12.6 Å². The smallest absolute Gasteiger partial charge is 0.307 e. The van der Waals surface area contributed by atoms with Crippen molar-refractivity contribution < 1.29 is 29.3 Å². The van der Waals surface area contributed by atoms with Gasteiger partial charge in [-0.25, -0.2) is 0 Å². The van der Waals surface area contributed by atoms with Crippen molar-refractivity contribution in [2.75, 3.05) is 12.4 Å². The van der Waals surface area contributed by atoms with Gasteiger partial charge in [0.05, 0.1) is 12.2 Å². The molecule has 0 saturated heterocycles. The number of carboxylic acids is 2. The average molecular weight is 345 g/mol. The largest absolute Gasteiger partial charge is 0.481 e. The molecule has 0 heterocycles. The molecule has 0 aliphatic carbocycles. The maximum absolute atomic E-state index is 11.2. The Hall–Kier alpha value is -1.69. The highest BCUT2D eigenvalue weighted by Crippen LogP contribution is 2.41. The topological polar surface area (TPSA) is 138 Å². The predicted molar refractivity (Wildman–Crippen MR) is 87.6 cm³/mol. The maximum atomic E-state index is 11.2. The molecule has 2 atom stereocenters. The summed E-state index contributed by atoms with van der Waals surface area (Å²) >= 11 is 0. The molecule has 2 unspecified atom stereocenters. The van der Waals surface area contributed by atoms with Crippen LogP contribution in [0, 0.1) is 5.92 Å². The van der Waals surface area contributed by atoms with Gasteiger partial charge in [-0.1, -0.05) is 37.3 Å². The van der Waals surface area contributed by atoms with E-state index in [9.17, 15) is 14.2 Å². The van der Waals surface area contributed by atoms with Crippen LogP contribution in [0.3, 0.4) is 0 Å². The standard InChI is InChI=1S/C8H10.C7H14NO6P/c1-2-8-6-4-3-5-7-8;8-4-15(13,14)3-5(7(11)12)1-2-6(9)10/h3-7H,2H2,1H3;5H,1-4,8H2,(H,9,10)(H,11,12)(H,13,14). The summed E-state index contributed by atoms with van der Waals surface area (Å²) in [6.07, 6.45) is -0.354. The van der Waals surface area contributed by atoms with Crippen molar-refractivity contribution in [3.63, 3.8) is 0 Å². The molecule has 23 heavy (non-hydrogen) atoms. The molecule has 0 spiro atoms. The lowest BCUT2D eigenvalue weighted by atomic mass is 10.1. The lowest BCUT2D eigenvalue weighted by Gasteiger charge is -2.14. The van der Waals surface area contributed by atoms with Gasteiger partial charge in [0.15, 0.2) is 0 Å². The first-order chi connectivity index (χ1) is 10.7. The van der Waals surface area contributed by atoms with E-state index in [4.69, 9.17) is 20.8 Å². The number of aryl methyl sites for hydroxylation is 1. The van der Waals surface area contributed by atoms with Gasteiger partial charge in [-0.3, -0.25) is 14.2 Å². The van der Waals surface area contributed by atoms with Crippen molar-refractivity contribution in [1.82, 2.24) is 0 Å². The molecule has 8 heteroatoms. The Kier molecular flexibility index (Phi) is 10.1. The van der Waals surface area contributed by atoms with E-state index in [1.165, 1.54) is 5.56 Å². The molecule has 0 saturated carbocycles. The molecule has 0 aromatic heterocycles. The van der Waals surface area contributed by atoms with Gasteiger partial charge in [-0.15, -0.1) is 0 Å². The summed E-state index contributed by atoms with van der Waals surface area (Å²) in [5.74, 6) is -3.55. The van der Waals surface area contributed by atoms with Crippen molar-refractivity contribution in [3.05, 3.63) is 35.9 Å². The van der Waals surface area contributed by atoms with Gasteiger partial charge in [0.1, 0.15) is 0 Å². The van der Waals surface area contributed by atoms with Crippen molar-refractivity contribution in [2.45, 2.75) is 26.2 Å². The Morgan fingerprint density at radius 3 is 2.13 bits per heavy atom. The van der Waals surface area contributed by atoms with Crippen LogP contribution in [-0.2, 0) is 20.6 Å². The van der Waals surface area contributed by atoms with Crippen molar-refractivity contribution >= 4 is 19.3 Å². The molecular weight excluding hydrogens is 321 g/mol. The van der Waals surface area contributed by atoms with E-state index in [1.54, 1.807) is 0 Å². The van der Waals surface area contributed by atoms with Crippen LogP contribution in [0.4, 0.5) is 0 Å². The Morgan fingerprint density at radius 1 is 1.22 bits per heavy atom. The van der Waals surface area contributed by atoms with Crippen molar-refractivity contribution in [2.24, 2.45) is 11.7 Å². The molecule has 1 aromatic rings. The van der Waals surface area contributed by atoms with Crippen LogP contribution in [0.5, 0.6) is 0 Å². The molecule has 1 aromatic carbocycles. The van der Waals surface area contributed by atoms with Crippen molar-refractivity contribution in [1.29, 1.82) is 0 Å². The highest BCUT2D eigenvalue weighted by Gasteiger charge is 2.27. The molecule has 0 aliphatic rings. The van der Waals surface area contributed by atoms with E-state index in [0.29, 0.717) is 0 Å². The summed E-state index contributed by atoms with van der Waals surface area (Å²) < 4.78 is 11.2. The van der Waals surface area contributed by atoms with Gasteiger partial charge in [-0.05, 0) is 18.4 Å². The van der Waals surface area contributed by atoms with Gasteiger partial charge < -0.3 is 20.8 Å². The molecular formula is C15H24NO6P. The van der Waals surface area contributed by atoms with Crippen molar-refractivity contribution in [3.8, 4) is 0 Å². The lowest BCUT2D eigenvalue weighted by Crippen LogP contribution is -2.21. The normalized spacial score (nSPS) is 14.0. The van der Waals surface area contributed by atoms with E-state index in [1.807, 2.05) is 6.07 Å². The second kappa shape index (κ2) is 10.9. The minimum atomic E-state index is -3.64. The molecule has 130 valence electrons. The number of rotatable bonds is 8. The van der Waals surface area contributed by atoms with Crippen LogP contribution in [0.25, 0.3) is 0 Å². The third-order valence-corrected chi connectivity index (χ3v) is 4.68. The number of carboxylic acid groups (broad SMARTS) is 2. The van der Waals surface area contributed by atoms with Crippen LogP contribution >= 0.6 is 7.37 Å². The molecule has 1 rings (SSSR count). The molecule has 0 fully saturated rings. The highest BCUT2D eigenvalue weighted by molar-refractivity contribution is 7.57. The molecule has 0 aliphatic heterocycles. The Morgan fingerprint density at radius 2 is 1.78 bits per heavy atom. The van der Waals surface area contributed by atoms with E-state index in [-0.39, 0.29) is 12.8 Å². The molecule has 5 N–H and O–H groups in total. The van der Waals surface area contributed by atoms with E-state index in [0.717, 1.165) is 6.42 Å². The van der Waals surface area contributed by atoms with Gasteiger partial charge >= 0.3 is 11.9 Å². The SMILES string of the molecule is CCc1ccccc1.NCP(=O)(O)CC(CCC(=O)O)C(=O)O. The zero-order valence-electron chi connectivity index (χ0n) is 13.1. The Balaban J connectivity index is 0.000000502. The third kappa shape index (κ3) is 10.6. The number of hydrogen-bond donors (Lipinski definition) is 4. The maximum Gasteiger partial charge on any atom is 0.307 e. The van der Waals surface area contributed by atoms with E-state index >= 15 is 0 Å². The molecule has 0 radical (unpaired) electrons. The summed E-state index contributed by atoms with van der Waals surface area (Å²) in [5.41, 5.74) is 6.40. The number of carbonyl (C=O) groups is 2. The Labute approximate surface area is 135 Å². The number of benzene rings is 1. The fourth-order valence-corrected chi connectivity index (χ4v) is 2.90. The van der Waals surface area contributed by atoms with Crippen LogP contribution in [0.1, 0.15) is 25.3 Å². The molecule has 0 bridgehead atoms. The highest BCUT2D eigenvalue weighted by atomic mass is 31.2. The predicted octanol–water partition coefficient (Wildman–Crippen LogP) is 1.99. The lowest BCUT2D eigenvalue weighted by molar-refractivity contribution is -0.142. The first kappa shape index (κ1) is 21.3. The summed E-state index contributed by atoms with van der Waals surface area (Å²) in [6.45, 7) is 2.16. The van der Waals surface area contributed by atoms with Gasteiger partial charge in [0.2, 0.25) is 7.37 Å². The quantitative estimate of drug-likeness (QED) is 0.528. The fourth-order valence-electron chi connectivity index (χ4n) is 1.72. The summed E-state index contributed by atoms with van der Waals surface area (Å²) in [7, 11) is -3.64. The van der Waals surface area contributed by atoms with Crippen LogP contribution in [0.15, 0.2) is 30.3 Å². The molecule has 7 nitrogen and oxygen atoms in total. The molecule has 0 amide bonds. The van der Waals surface area contributed by atoms with E-state index in [2.05, 4.69) is 31.2 Å². The number of hydrogen-bond acceptors (Lipinski definition) is 4. The van der Waals surface area contributed by atoms with Crippen LogP contribution < -0.4 is 5.73 Å². The fraction of sp³-hybridized carbons (Fsp3) is 0.467. The zero-order valence-corrected chi connectivity index (χ0v) is 14.0. The summed E-state index contributed by atoms with van der Waals surface area (Å²) in [4.78, 5) is 30.0. The zero-order chi connectivity index (χ0) is 17.9. The van der Waals surface area contributed by atoms with Crippen LogP contribution in [-0.4, -0.2) is 39.5 Å². The summed E-state index contributed by atoms with van der Waals surface area (Å²) in [5, 5.41) is 17.0. The first-order valence-electron chi connectivity index (χ1n) is 7.21. The first-order valence-corrected chi connectivity index (χ1v) is 9.24. The average Bonchev–Trinajstić information content (AvgIpc) is 2.52. The third-order valence-electron chi connectivity index (χ3n) is 3.10. The van der Waals surface area contributed by atoms with Gasteiger partial charge in [-0.2, -0.15) is 0 Å². The Bertz CT molecular complexity index is 534. The van der Waals surface area contributed by atoms with Crippen LogP contribution in [0.2, 0.25) is 0 Å². The summed E-state index contributed by atoms with van der Waals surface area (Å²) in [6, 6.07) is 10.5. The van der Waals surface area contributed by atoms with E-state index < -0.39 is 37.7 Å². The van der Waals surface area contributed by atoms with Gasteiger partial charge in [0.25, 0.3) is 0 Å². The monoisotopic (exact) mass is 345 g/mol. The number of aliphatic carboxylic acids is 2. The second-order valence-corrected chi connectivity index (χ2v) is 7.44. The number of nitrogens with two attached hydrogens (primary N) is 1. The second-order valence-electron chi connectivity index (χ2n) is 5.02. The minimum absolute atomic E-state index is 0.171. The minimum Gasteiger partial charge on any atom is -0.481 e.